The Balaban J connectivity index is 1.37. The smallest absolute Gasteiger partial charge is 0.233 e. The minimum Gasteiger partial charge on any atom is -0.352 e. The van der Waals surface area contributed by atoms with Gasteiger partial charge in [-0.05, 0) is 63.0 Å². The molecule has 2 saturated carbocycles. The van der Waals surface area contributed by atoms with Crippen molar-refractivity contribution >= 4 is 23.2 Å². The molecule has 2 bridgehead atoms. The highest BCUT2D eigenvalue weighted by Gasteiger charge is 2.42. The van der Waals surface area contributed by atoms with Gasteiger partial charge in [-0.2, -0.15) is 0 Å². The topological polar surface area (TPSA) is 46.4 Å². The normalized spacial score (nSPS) is 28.2. The van der Waals surface area contributed by atoms with E-state index >= 15 is 0 Å². The van der Waals surface area contributed by atoms with Gasteiger partial charge in [0.25, 0.3) is 0 Å². The van der Waals surface area contributed by atoms with Crippen LogP contribution in [0.2, 0.25) is 0 Å². The lowest BCUT2D eigenvalue weighted by Crippen LogP contribution is -2.43. The molecule has 4 nitrogen and oxygen atoms in total. The van der Waals surface area contributed by atoms with Gasteiger partial charge in [0.05, 0.1) is 17.0 Å². The van der Waals surface area contributed by atoms with Crippen LogP contribution >= 0.6 is 11.8 Å². The Morgan fingerprint density at radius 1 is 1.33 bits per heavy atom. The highest BCUT2D eigenvalue weighted by atomic mass is 32.2. The van der Waals surface area contributed by atoms with Gasteiger partial charge in [0.1, 0.15) is 0 Å². The van der Waals surface area contributed by atoms with Crippen molar-refractivity contribution in [2.75, 3.05) is 0 Å². The maximum Gasteiger partial charge on any atom is 0.233 e. The summed E-state index contributed by atoms with van der Waals surface area (Å²) < 4.78 is 2.04. The van der Waals surface area contributed by atoms with Crippen molar-refractivity contribution in [2.45, 2.75) is 56.0 Å². The van der Waals surface area contributed by atoms with E-state index in [9.17, 15) is 4.79 Å². The van der Waals surface area contributed by atoms with Gasteiger partial charge >= 0.3 is 0 Å². The molecule has 2 heterocycles. The zero-order chi connectivity index (χ0) is 16.7. The Kier molecular flexibility index (Phi) is 4.29. The maximum atomic E-state index is 12.6. The molecule has 0 aromatic carbocycles. The quantitative estimate of drug-likeness (QED) is 0.841. The third-order valence-electron chi connectivity index (χ3n) is 5.86. The summed E-state index contributed by atoms with van der Waals surface area (Å²) in [5.41, 5.74) is 1.06. The van der Waals surface area contributed by atoms with Crippen LogP contribution in [0.5, 0.6) is 0 Å². The fraction of sp³-hybridized carbons (Fsp3) is 0.579. The van der Waals surface area contributed by atoms with Crippen molar-refractivity contribution in [1.82, 2.24) is 14.7 Å². The van der Waals surface area contributed by atoms with Crippen LogP contribution in [0, 0.1) is 17.8 Å². The Labute approximate surface area is 147 Å². The molecular weight excluding hydrogens is 318 g/mol. The number of pyridine rings is 1. The molecule has 1 amide bonds. The molecule has 2 aliphatic carbocycles. The van der Waals surface area contributed by atoms with E-state index in [0.717, 1.165) is 22.5 Å². The molecule has 24 heavy (non-hydrogen) atoms. The first-order chi connectivity index (χ1) is 11.6. The second kappa shape index (κ2) is 6.43. The van der Waals surface area contributed by atoms with E-state index in [0.29, 0.717) is 5.92 Å². The molecule has 1 N–H and O–H groups in total. The zero-order valence-electron chi connectivity index (χ0n) is 14.3. The number of imidazole rings is 1. The molecule has 0 spiro atoms. The Morgan fingerprint density at radius 3 is 2.96 bits per heavy atom. The van der Waals surface area contributed by atoms with Gasteiger partial charge in [-0.25, -0.2) is 4.98 Å². The van der Waals surface area contributed by atoms with Crippen molar-refractivity contribution in [2.24, 2.45) is 17.8 Å². The number of fused-ring (bicyclic) bond motifs is 3. The van der Waals surface area contributed by atoms with Crippen LogP contribution in [-0.4, -0.2) is 26.6 Å². The molecule has 0 unspecified atom stereocenters. The van der Waals surface area contributed by atoms with Crippen LogP contribution < -0.4 is 5.32 Å². The van der Waals surface area contributed by atoms with E-state index in [1.54, 1.807) is 0 Å². The minimum absolute atomic E-state index is 0.128. The summed E-state index contributed by atoms with van der Waals surface area (Å²) in [6.07, 6.45) is 9.30. The molecule has 0 aliphatic heterocycles. The fourth-order valence-corrected chi connectivity index (χ4v) is 5.46. The number of hydrogen-bond donors (Lipinski definition) is 1. The van der Waals surface area contributed by atoms with Crippen molar-refractivity contribution in [3.05, 3.63) is 30.6 Å². The lowest BCUT2D eigenvalue weighted by molar-refractivity contribution is -0.121. The summed E-state index contributed by atoms with van der Waals surface area (Å²) in [5, 5.41) is 4.00. The molecule has 2 aromatic rings. The molecule has 5 heteroatoms. The monoisotopic (exact) mass is 343 g/mol. The third kappa shape index (κ3) is 2.94. The van der Waals surface area contributed by atoms with Crippen LogP contribution in [0.15, 0.2) is 35.7 Å². The first-order valence-electron chi connectivity index (χ1n) is 9.01. The van der Waals surface area contributed by atoms with E-state index in [4.69, 9.17) is 0 Å². The van der Waals surface area contributed by atoms with Crippen LogP contribution in [0.25, 0.3) is 5.52 Å². The van der Waals surface area contributed by atoms with E-state index in [2.05, 4.69) is 17.2 Å². The van der Waals surface area contributed by atoms with E-state index < -0.39 is 0 Å². The van der Waals surface area contributed by atoms with Crippen LogP contribution in [0.1, 0.15) is 39.5 Å². The number of amides is 1. The predicted octanol–water partition coefficient (Wildman–Crippen LogP) is 3.76. The standard InChI is InChI=1S/C19H25N3OS/c1-12(17-10-14-6-7-15(17)9-14)21-18(23)13(2)24-19-20-11-16-5-3-4-8-22(16)19/h3-5,8,11-15,17H,6-7,9-10H2,1-2H3,(H,21,23)/t12-,13-,14-,15-,17-/m0/s1. The van der Waals surface area contributed by atoms with Crippen LogP contribution in [0.3, 0.4) is 0 Å². The predicted molar refractivity (Wildman–Crippen MR) is 97.1 cm³/mol. The highest BCUT2D eigenvalue weighted by molar-refractivity contribution is 8.00. The second-order valence-corrected chi connectivity index (χ2v) is 8.74. The number of carbonyl (C=O) groups is 1. The van der Waals surface area contributed by atoms with E-state index in [1.807, 2.05) is 41.9 Å². The fourth-order valence-electron chi connectivity index (χ4n) is 4.57. The lowest BCUT2D eigenvalue weighted by Gasteiger charge is -2.29. The third-order valence-corrected chi connectivity index (χ3v) is 6.94. The molecule has 0 radical (unpaired) electrons. The number of rotatable bonds is 5. The van der Waals surface area contributed by atoms with Crippen LogP contribution in [0.4, 0.5) is 0 Å². The van der Waals surface area contributed by atoms with Crippen molar-refractivity contribution in [3.63, 3.8) is 0 Å². The lowest BCUT2D eigenvalue weighted by atomic mass is 9.84. The average molecular weight is 343 g/mol. The molecule has 5 atom stereocenters. The molecular formula is C19H25N3OS. The zero-order valence-corrected chi connectivity index (χ0v) is 15.1. The Bertz CT molecular complexity index is 743. The second-order valence-electron chi connectivity index (χ2n) is 7.43. The molecule has 0 saturated heterocycles. The van der Waals surface area contributed by atoms with Crippen molar-refractivity contribution in [3.8, 4) is 0 Å². The molecule has 2 aromatic heterocycles. The number of aromatic nitrogens is 2. The highest BCUT2D eigenvalue weighted by Crippen LogP contribution is 2.49. The van der Waals surface area contributed by atoms with Gasteiger partial charge in [-0.1, -0.05) is 24.2 Å². The number of thioether (sulfide) groups is 1. The SMILES string of the molecule is C[C@H](Sc1ncc2ccccn12)C(=O)N[C@@H](C)[C@@H]1C[C@H]2CC[C@H]1C2. The van der Waals surface area contributed by atoms with Gasteiger partial charge in [0.15, 0.2) is 5.16 Å². The van der Waals surface area contributed by atoms with E-state index in [1.165, 1.54) is 37.4 Å². The molecule has 2 aliphatic rings. The molecule has 4 rings (SSSR count). The van der Waals surface area contributed by atoms with Crippen molar-refractivity contribution < 1.29 is 4.79 Å². The largest absolute Gasteiger partial charge is 0.352 e. The number of hydrogen-bond acceptors (Lipinski definition) is 3. The maximum absolute atomic E-state index is 12.6. The molecule has 2 fully saturated rings. The summed E-state index contributed by atoms with van der Waals surface area (Å²) >= 11 is 1.53. The summed E-state index contributed by atoms with van der Waals surface area (Å²) in [5.74, 6) is 2.56. The number of nitrogens with zero attached hydrogens (tertiary/aromatic N) is 2. The van der Waals surface area contributed by atoms with Gasteiger partial charge in [-0.15, -0.1) is 0 Å². The van der Waals surface area contributed by atoms with E-state index in [-0.39, 0.29) is 17.2 Å². The minimum atomic E-state index is -0.142. The summed E-state index contributed by atoms with van der Waals surface area (Å²) in [6.45, 7) is 4.16. The first kappa shape index (κ1) is 16.0. The first-order valence-corrected chi connectivity index (χ1v) is 9.89. The Morgan fingerprint density at radius 2 is 2.21 bits per heavy atom. The molecule has 128 valence electrons. The number of carbonyl (C=O) groups excluding carboxylic acids is 1. The Hall–Kier alpha value is -1.49. The van der Waals surface area contributed by atoms with Crippen LogP contribution in [-0.2, 0) is 4.79 Å². The summed E-state index contributed by atoms with van der Waals surface area (Å²) in [6, 6.07) is 6.30. The van der Waals surface area contributed by atoms with Gasteiger partial charge in [-0.3, -0.25) is 9.20 Å². The van der Waals surface area contributed by atoms with Gasteiger partial charge in [0.2, 0.25) is 5.91 Å². The summed E-state index contributed by atoms with van der Waals surface area (Å²) in [4.78, 5) is 17.1. The number of nitrogens with one attached hydrogen (secondary N) is 1. The van der Waals surface area contributed by atoms with Crippen molar-refractivity contribution in [1.29, 1.82) is 0 Å². The average Bonchev–Trinajstić information content (AvgIpc) is 3.30. The van der Waals surface area contributed by atoms with Gasteiger partial charge in [0, 0.05) is 12.2 Å². The van der Waals surface area contributed by atoms with Gasteiger partial charge < -0.3 is 5.32 Å². The summed E-state index contributed by atoms with van der Waals surface area (Å²) in [7, 11) is 0.